The zero-order valence-electron chi connectivity index (χ0n) is 13.7. The molecular weight excluding hydrogens is 292 g/mol. The lowest BCUT2D eigenvalue weighted by Crippen LogP contribution is -2.43. The van der Waals surface area contributed by atoms with Crippen LogP contribution in [-0.2, 0) is 11.3 Å². The number of thioether (sulfide) groups is 1. The van der Waals surface area contributed by atoms with Crippen molar-refractivity contribution in [2.45, 2.75) is 13.5 Å². The quantitative estimate of drug-likeness (QED) is 0.563. The van der Waals surface area contributed by atoms with Crippen molar-refractivity contribution >= 4 is 16.7 Å². The Morgan fingerprint density at radius 2 is 1.95 bits per heavy atom. The van der Waals surface area contributed by atoms with Gasteiger partial charge in [0.2, 0.25) is 0 Å². The number of hydrogen-bond donors (Lipinski definition) is 0. The van der Waals surface area contributed by atoms with Gasteiger partial charge in [0.15, 0.2) is 0 Å². The molecule has 0 bridgehead atoms. The van der Waals surface area contributed by atoms with Crippen LogP contribution in [0.3, 0.4) is 0 Å². The molecule has 0 N–H and O–H groups in total. The average molecular weight is 318 g/mol. The molecule has 3 nitrogen and oxygen atoms in total. The average Bonchev–Trinajstić information content (AvgIpc) is 2.49. The van der Waals surface area contributed by atoms with Gasteiger partial charge < -0.3 is 9.64 Å². The molecule has 1 aromatic carbocycles. The van der Waals surface area contributed by atoms with Crippen LogP contribution in [0.5, 0.6) is 0 Å². The SMILES string of the molecule is C=C(C)OCSC(=C)c1cccc(CN2CCN(C)CC2)c1. The first-order valence-corrected chi connectivity index (χ1v) is 8.63. The van der Waals surface area contributed by atoms with Crippen LogP contribution in [0.25, 0.3) is 4.91 Å². The van der Waals surface area contributed by atoms with E-state index in [1.165, 1.54) is 11.1 Å². The Bertz CT molecular complexity index is 522. The van der Waals surface area contributed by atoms with Crippen molar-refractivity contribution in [3.8, 4) is 0 Å². The lowest BCUT2D eigenvalue weighted by atomic mass is 10.1. The summed E-state index contributed by atoms with van der Waals surface area (Å²) in [5.41, 5.74) is 2.53. The second-order valence-electron chi connectivity index (χ2n) is 5.81. The fourth-order valence-electron chi connectivity index (χ4n) is 2.39. The number of ether oxygens (including phenoxy) is 1. The minimum absolute atomic E-state index is 0.566. The fraction of sp³-hybridized carbons (Fsp3) is 0.444. The van der Waals surface area contributed by atoms with E-state index in [4.69, 9.17) is 4.74 Å². The molecule has 1 heterocycles. The summed E-state index contributed by atoms with van der Waals surface area (Å²) >= 11 is 1.62. The third-order valence-corrected chi connectivity index (χ3v) is 4.61. The van der Waals surface area contributed by atoms with Crippen LogP contribution in [-0.4, -0.2) is 49.0 Å². The molecule has 1 aromatic rings. The predicted molar refractivity (Wildman–Crippen MR) is 96.6 cm³/mol. The summed E-state index contributed by atoms with van der Waals surface area (Å²) < 4.78 is 5.39. The molecule has 4 heteroatoms. The molecule has 0 spiro atoms. The largest absolute Gasteiger partial charge is 0.488 e. The van der Waals surface area contributed by atoms with E-state index in [1.54, 1.807) is 11.8 Å². The molecule has 1 aliphatic heterocycles. The van der Waals surface area contributed by atoms with Gasteiger partial charge >= 0.3 is 0 Å². The van der Waals surface area contributed by atoms with E-state index < -0.39 is 0 Å². The molecule has 22 heavy (non-hydrogen) atoms. The summed E-state index contributed by atoms with van der Waals surface area (Å²) in [6, 6.07) is 8.67. The maximum Gasteiger partial charge on any atom is 0.138 e. The second kappa shape index (κ2) is 8.42. The van der Waals surface area contributed by atoms with Gasteiger partial charge in [0, 0.05) is 37.6 Å². The van der Waals surface area contributed by atoms with Crippen LogP contribution in [0.4, 0.5) is 0 Å². The highest BCUT2D eigenvalue weighted by atomic mass is 32.2. The van der Waals surface area contributed by atoms with Crippen LogP contribution in [0.15, 0.2) is 43.2 Å². The smallest absolute Gasteiger partial charge is 0.138 e. The molecule has 2 rings (SSSR count). The zero-order valence-corrected chi connectivity index (χ0v) is 14.5. The summed E-state index contributed by atoms with van der Waals surface area (Å²) in [7, 11) is 2.19. The molecule has 0 atom stereocenters. The van der Waals surface area contributed by atoms with Gasteiger partial charge in [0.1, 0.15) is 5.94 Å². The van der Waals surface area contributed by atoms with Crippen LogP contribution >= 0.6 is 11.8 Å². The lowest BCUT2D eigenvalue weighted by Gasteiger charge is -2.32. The molecular formula is C18H26N2OS. The summed E-state index contributed by atoms with van der Waals surface area (Å²) in [4.78, 5) is 5.94. The van der Waals surface area contributed by atoms with E-state index in [1.807, 2.05) is 6.92 Å². The zero-order chi connectivity index (χ0) is 15.9. The predicted octanol–water partition coefficient (Wildman–Crippen LogP) is 3.65. The molecule has 1 fully saturated rings. The highest BCUT2D eigenvalue weighted by molar-refractivity contribution is 8.08. The van der Waals surface area contributed by atoms with Gasteiger partial charge in [-0.15, -0.1) is 0 Å². The first-order valence-electron chi connectivity index (χ1n) is 7.65. The molecule has 0 saturated carbocycles. The highest BCUT2D eigenvalue weighted by Gasteiger charge is 2.14. The second-order valence-corrected chi connectivity index (χ2v) is 6.83. The first-order chi connectivity index (χ1) is 10.5. The number of hydrogen-bond acceptors (Lipinski definition) is 4. The van der Waals surface area contributed by atoms with Crippen molar-refractivity contribution < 1.29 is 4.74 Å². The molecule has 0 amide bonds. The van der Waals surface area contributed by atoms with Crippen LogP contribution < -0.4 is 0 Å². The summed E-state index contributed by atoms with van der Waals surface area (Å²) in [5, 5.41) is 0. The maximum absolute atomic E-state index is 5.39. The Kier molecular flexibility index (Phi) is 6.55. The molecule has 0 radical (unpaired) electrons. The summed E-state index contributed by atoms with van der Waals surface area (Å²) in [5.74, 6) is 1.31. The van der Waals surface area contributed by atoms with Gasteiger partial charge in [0.05, 0.1) is 5.76 Å². The van der Waals surface area contributed by atoms with Crippen LogP contribution in [0, 0.1) is 0 Å². The van der Waals surface area contributed by atoms with Gasteiger partial charge in [-0.2, -0.15) is 0 Å². The molecule has 0 aliphatic carbocycles. The van der Waals surface area contributed by atoms with Crippen molar-refractivity contribution in [1.29, 1.82) is 0 Å². The Balaban J connectivity index is 1.89. The third kappa shape index (κ3) is 5.52. The summed E-state index contributed by atoms with van der Waals surface area (Å²) in [6.07, 6.45) is 0. The van der Waals surface area contributed by atoms with Gasteiger partial charge in [-0.05, 0) is 31.2 Å². The number of piperazine rings is 1. The van der Waals surface area contributed by atoms with Crippen molar-refractivity contribution in [2.75, 3.05) is 39.2 Å². The highest BCUT2D eigenvalue weighted by Crippen LogP contribution is 2.27. The normalized spacial score (nSPS) is 16.5. The Hall–Kier alpha value is -1.23. The minimum Gasteiger partial charge on any atom is -0.488 e. The van der Waals surface area contributed by atoms with E-state index in [2.05, 4.69) is 54.3 Å². The number of rotatable bonds is 7. The molecule has 1 aliphatic rings. The topological polar surface area (TPSA) is 15.7 Å². The van der Waals surface area contributed by atoms with Gasteiger partial charge in [0.25, 0.3) is 0 Å². The fourth-order valence-corrected chi connectivity index (χ4v) is 3.09. The van der Waals surface area contributed by atoms with Crippen LogP contribution in [0.1, 0.15) is 18.1 Å². The minimum atomic E-state index is 0.566. The van der Waals surface area contributed by atoms with E-state index in [0.717, 1.165) is 43.4 Å². The molecule has 1 saturated heterocycles. The number of benzene rings is 1. The number of nitrogens with zero attached hydrogens (tertiary/aromatic N) is 2. The standard InChI is InChI=1S/C18H26N2OS/c1-15(2)21-14-22-16(3)18-7-5-6-17(12-18)13-20-10-8-19(4)9-11-20/h5-7,12H,1,3,8-11,13-14H2,2,4H3. The van der Waals surface area contributed by atoms with Gasteiger partial charge in [-0.3, -0.25) is 4.90 Å². The number of allylic oxidation sites excluding steroid dienone is 1. The Morgan fingerprint density at radius 1 is 1.23 bits per heavy atom. The van der Waals surface area contributed by atoms with E-state index in [0.29, 0.717) is 5.94 Å². The molecule has 0 unspecified atom stereocenters. The monoisotopic (exact) mass is 318 g/mol. The molecule has 120 valence electrons. The van der Waals surface area contributed by atoms with E-state index >= 15 is 0 Å². The summed E-state index contributed by atoms with van der Waals surface area (Å²) in [6.45, 7) is 15.4. The lowest BCUT2D eigenvalue weighted by molar-refractivity contribution is 0.148. The van der Waals surface area contributed by atoms with Gasteiger partial charge in [-0.25, -0.2) is 0 Å². The van der Waals surface area contributed by atoms with Crippen molar-refractivity contribution in [1.82, 2.24) is 9.80 Å². The van der Waals surface area contributed by atoms with Crippen molar-refractivity contribution in [2.24, 2.45) is 0 Å². The molecule has 0 aromatic heterocycles. The van der Waals surface area contributed by atoms with Crippen molar-refractivity contribution in [3.63, 3.8) is 0 Å². The van der Waals surface area contributed by atoms with E-state index in [9.17, 15) is 0 Å². The number of likely N-dealkylation sites (N-methyl/N-ethyl adjacent to an activating group) is 1. The van der Waals surface area contributed by atoms with Gasteiger partial charge in [-0.1, -0.05) is 43.1 Å². The van der Waals surface area contributed by atoms with Crippen molar-refractivity contribution in [3.05, 3.63) is 54.3 Å². The maximum atomic E-state index is 5.39. The Labute approximate surface area is 138 Å². The first kappa shape index (κ1) is 17.1. The Morgan fingerprint density at radius 3 is 2.64 bits per heavy atom. The third-order valence-electron chi connectivity index (χ3n) is 3.79. The van der Waals surface area contributed by atoms with E-state index in [-0.39, 0.29) is 0 Å². The van der Waals surface area contributed by atoms with Crippen LogP contribution in [0.2, 0.25) is 0 Å².